The van der Waals surface area contributed by atoms with Crippen LogP contribution in [0.1, 0.15) is 11.1 Å². The van der Waals surface area contributed by atoms with E-state index in [9.17, 15) is 0 Å². The van der Waals surface area contributed by atoms with Crippen molar-refractivity contribution in [2.75, 3.05) is 52.9 Å². The van der Waals surface area contributed by atoms with Crippen LogP contribution < -0.4 is 18.9 Å². The molecule has 0 aromatic heterocycles. The van der Waals surface area contributed by atoms with Gasteiger partial charge in [-0.15, -0.1) is 0 Å². The van der Waals surface area contributed by atoms with Crippen LogP contribution in [0.4, 0.5) is 0 Å². The molecule has 0 saturated carbocycles. The number of hydrogen-bond donors (Lipinski definition) is 0. The molecular formula is C25H28O8. The average molecular weight is 456 g/mol. The Balaban J connectivity index is 1.16. The Labute approximate surface area is 192 Å². The first-order valence-corrected chi connectivity index (χ1v) is 11.5. The van der Waals surface area contributed by atoms with Crippen molar-refractivity contribution in [2.24, 2.45) is 0 Å². The molecule has 0 N–H and O–H groups in total. The van der Waals surface area contributed by atoms with Crippen molar-refractivity contribution in [3.05, 3.63) is 47.5 Å². The molecular weight excluding hydrogens is 428 g/mol. The molecule has 8 heteroatoms. The van der Waals surface area contributed by atoms with Gasteiger partial charge in [-0.25, -0.2) is 0 Å². The average Bonchev–Trinajstić information content (AvgIpc) is 3.65. The molecule has 8 nitrogen and oxygen atoms in total. The summed E-state index contributed by atoms with van der Waals surface area (Å²) in [5.74, 6) is 2.93. The molecule has 0 bridgehead atoms. The van der Waals surface area contributed by atoms with Gasteiger partial charge in [-0.2, -0.15) is 0 Å². The van der Waals surface area contributed by atoms with Crippen molar-refractivity contribution in [1.29, 1.82) is 0 Å². The molecule has 6 rings (SSSR count). The van der Waals surface area contributed by atoms with Gasteiger partial charge in [0, 0.05) is 0 Å². The van der Waals surface area contributed by atoms with Crippen LogP contribution in [0.2, 0.25) is 0 Å². The Kier molecular flexibility index (Phi) is 5.98. The SMILES string of the molecule is c1cc(OCC2CO2)c(OCC2CO2)cc1Cc1ccc(OCC2CO2)c(OCC2CO2)c1. The number of ether oxygens (including phenoxy) is 8. The Hall–Kier alpha value is -2.52. The minimum atomic E-state index is 0.178. The van der Waals surface area contributed by atoms with Crippen molar-refractivity contribution in [1.82, 2.24) is 0 Å². The maximum atomic E-state index is 6.01. The van der Waals surface area contributed by atoms with Crippen LogP contribution in [-0.2, 0) is 25.4 Å². The van der Waals surface area contributed by atoms with E-state index in [-0.39, 0.29) is 24.4 Å². The number of rotatable bonds is 14. The summed E-state index contributed by atoms with van der Waals surface area (Å²) >= 11 is 0. The second-order valence-electron chi connectivity index (χ2n) is 8.80. The third-order valence-corrected chi connectivity index (χ3v) is 5.73. The summed E-state index contributed by atoms with van der Waals surface area (Å²) in [4.78, 5) is 0. The lowest BCUT2D eigenvalue weighted by Crippen LogP contribution is -2.09. The van der Waals surface area contributed by atoms with Crippen molar-refractivity contribution in [3.8, 4) is 23.0 Å². The fourth-order valence-corrected chi connectivity index (χ4v) is 3.41. The van der Waals surface area contributed by atoms with Crippen LogP contribution >= 0.6 is 0 Å². The van der Waals surface area contributed by atoms with Gasteiger partial charge >= 0.3 is 0 Å². The summed E-state index contributed by atoms with van der Waals surface area (Å²) in [5.41, 5.74) is 2.24. The molecule has 4 fully saturated rings. The monoisotopic (exact) mass is 456 g/mol. The predicted molar refractivity (Wildman–Crippen MR) is 117 cm³/mol. The van der Waals surface area contributed by atoms with Gasteiger partial charge in [-0.3, -0.25) is 0 Å². The van der Waals surface area contributed by atoms with Crippen molar-refractivity contribution >= 4 is 0 Å². The third kappa shape index (κ3) is 6.29. The molecule has 4 unspecified atom stereocenters. The summed E-state index contributed by atoms with van der Waals surface area (Å²) in [6.45, 7) is 5.14. The minimum absolute atomic E-state index is 0.178. The van der Waals surface area contributed by atoms with Gasteiger partial charge in [0.25, 0.3) is 0 Å². The fraction of sp³-hybridized carbons (Fsp3) is 0.520. The first-order valence-electron chi connectivity index (χ1n) is 11.5. The van der Waals surface area contributed by atoms with E-state index in [0.717, 1.165) is 67.0 Å². The summed E-state index contributed by atoms with van der Waals surface area (Å²) in [7, 11) is 0. The standard InChI is InChI=1S/C25H28O8/c1-3-22(30-12-18-8-26-18)24(32-14-20-10-28-20)6-16(1)5-17-2-4-23(31-13-19-9-27-19)25(7-17)33-15-21-11-29-21/h1-4,6-7,18-21H,5,8-15H2. The molecule has 33 heavy (non-hydrogen) atoms. The summed E-state index contributed by atoms with van der Waals surface area (Å²) in [6, 6.07) is 12.2. The van der Waals surface area contributed by atoms with E-state index in [1.54, 1.807) is 0 Å². The molecule has 0 radical (unpaired) electrons. The van der Waals surface area contributed by atoms with Gasteiger partial charge in [0.15, 0.2) is 23.0 Å². The fourth-order valence-electron chi connectivity index (χ4n) is 3.41. The molecule has 2 aromatic rings. The molecule has 2 aromatic carbocycles. The molecule has 4 saturated heterocycles. The van der Waals surface area contributed by atoms with Crippen LogP contribution in [0.15, 0.2) is 36.4 Å². The van der Waals surface area contributed by atoms with Gasteiger partial charge < -0.3 is 37.9 Å². The molecule has 4 heterocycles. The molecule has 0 amide bonds. The number of benzene rings is 2. The second kappa shape index (κ2) is 9.38. The normalized spacial score (nSPS) is 26.4. The first kappa shape index (κ1) is 21.0. The second-order valence-corrected chi connectivity index (χ2v) is 8.80. The molecule has 0 aliphatic carbocycles. The van der Waals surface area contributed by atoms with Crippen molar-refractivity contribution < 1.29 is 37.9 Å². The summed E-state index contributed by atoms with van der Waals surface area (Å²) < 4.78 is 44.9. The highest BCUT2D eigenvalue weighted by atomic mass is 16.6. The topological polar surface area (TPSA) is 87.0 Å². The zero-order chi connectivity index (χ0) is 22.0. The lowest BCUT2D eigenvalue weighted by Gasteiger charge is -2.15. The van der Waals surface area contributed by atoms with Crippen LogP contribution in [-0.4, -0.2) is 77.3 Å². The summed E-state index contributed by atoms with van der Waals surface area (Å²) in [5, 5.41) is 0. The zero-order valence-corrected chi connectivity index (χ0v) is 18.4. The Morgan fingerprint density at radius 2 is 0.848 bits per heavy atom. The molecule has 4 aliphatic rings. The van der Waals surface area contributed by atoms with Gasteiger partial charge in [0.1, 0.15) is 50.8 Å². The lowest BCUT2D eigenvalue weighted by molar-refractivity contribution is 0.228. The number of hydrogen-bond acceptors (Lipinski definition) is 8. The van der Waals surface area contributed by atoms with Crippen LogP contribution in [0, 0.1) is 0 Å². The van der Waals surface area contributed by atoms with E-state index >= 15 is 0 Å². The van der Waals surface area contributed by atoms with Crippen LogP contribution in [0.5, 0.6) is 23.0 Å². The van der Waals surface area contributed by atoms with E-state index in [1.807, 2.05) is 24.3 Å². The highest BCUT2D eigenvalue weighted by Gasteiger charge is 2.27. The van der Waals surface area contributed by atoms with E-state index in [2.05, 4.69) is 12.1 Å². The van der Waals surface area contributed by atoms with E-state index in [4.69, 9.17) is 37.9 Å². The van der Waals surface area contributed by atoms with Gasteiger partial charge in [-0.1, -0.05) is 12.1 Å². The Bertz CT molecular complexity index is 885. The Morgan fingerprint density at radius 1 is 0.515 bits per heavy atom. The third-order valence-electron chi connectivity index (χ3n) is 5.73. The zero-order valence-electron chi connectivity index (χ0n) is 18.4. The first-order chi connectivity index (χ1) is 16.3. The van der Waals surface area contributed by atoms with Gasteiger partial charge in [-0.05, 0) is 41.8 Å². The molecule has 4 atom stereocenters. The minimum Gasteiger partial charge on any atom is -0.487 e. The molecule has 176 valence electrons. The lowest BCUT2D eigenvalue weighted by atomic mass is 10.0. The maximum Gasteiger partial charge on any atom is 0.161 e. The van der Waals surface area contributed by atoms with Crippen molar-refractivity contribution in [2.45, 2.75) is 30.8 Å². The quantitative estimate of drug-likeness (QED) is 0.401. The molecule has 4 aliphatic heterocycles. The van der Waals surface area contributed by atoms with E-state index in [0.29, 0.717) is 26.4 Å². The van der Waals surface area contributed by atoms with Crippen LogP contribution in [0.25, 0.3) is 0 Å². The maximum absolute atomic E-state index is 6.01. The van der Waals surface area contributed by atoms with Gasteiger partial charge in [0.2, 0.25) is 0 Å². The Morgan fingerprint density at radius 3 is 1.18 bits per heavy atom. The van der Waals surface area contributed by atoms with Crippen LogP contribution in [0.3, 0.4) is 0 Å². The predicted octanol–water partition coefficient (Wildman–Crippen LogP) is 2.39. The highest BCUT2D eigenvalue weighted by molar-refractivity contribution is 5.47. The number of epoxide rings is 4. The largest absolute Gasteiger partial charge is 0.487 e. The van der Waals surface area contributed by atoms with Crippen molar-refractivity contribution in [3.63, 3.8) is 0 Å². The van der Waals surface area contributed by atoms with E-state index in [1.165, 1.54) is 0 Å². The summed E-state index contributed by atoms with van der Waals surface area (Å²) in [6.07, 6.45) is 1.46. The highest BCUT2D eigenvalue weighted by Crippen LogP contribution is 2.34. The molecule has 0 spiro atoms. The van der Waals surface area contributed by atoms with E-state index < -0.39 is 0 Å². The smallest absolute Gasteiger partial charge is 0.161 e. The van der Waals surface area contributed by atoms with Gasteiger partial charge in [0.05, 0.1) is 26.4 Å².